The second-order valence-electron chi connectivity index (χ2n) is 6.82. The van der Waals surface area contributed by atoms with Gasteiger partial charge in [0.15, 0.2) is 0 Å². The number of para-hydroxylation sites is 1. The second-order valence-corrected chi connectivity index (χ2v) is 6.82. The number of nitrogens with zero attached hydrogens (tertiary/aromatic N) is 3. The Balaban J connectivity index is 1.49. The standard InChI is InChI=1S/C19H23N3O2/c1-24-13-12-22-11-9-19(22)8-10-21(14-19)18(23)17-7-6-15-4-2-3-5-16(15)20-17/h2-7H,8-14H2,1H3/t19-/m1/s1. The molecule has 2 aromatic rings. The first-order valence-corrected chi connectivity index (χ1v) is 8.61. The van der Waals surface area contributed by atoms with E-state index in [1.54, 1.807) is 7.11 Å². The number of likely N-dealkylation sites (tertiary alicyclic amines) is 2. The van der Waals surface area contributed by atoms with Crippen molar-refractivity contribution in [2.24, 2.45) is 0 Å². The zero-order valence-electron chi connectivity index (χ0n) is 14.1. The zero-order valence-corrected chi connectivity index (χ0v) is 14.1. The maximum absolute atomic E-state index is 12.9. The molecule has 2 aliphatic rings. The Morgan fingerprint density at radius 2 is 2.04 bits per heavy atom. The van der Waals surface area contributed by atoms with Gasteiger partial charge in [0, 0.05) is 44.2 Å². The highest BCUT2D eigenvalue weighted by Gasteiger charge is 2.49. The summed E-state index contributed by atoms with van der Waals surface area (Å²) >= 11 is 0. The van der Waals surface area contributed by atoms with Gasteiger partial charge in [0.25, 0.3) is 5.91 Å². The number of hydrogen-bond donors (Lipinski definition) is 0. The Bertz CT molecular complexity index is 763. The van der Waals surface area contributed by atoms with Gasteiger partial charge in [0.2, 0.25) is 0 Å². The normalized spacial score (nSPS) is 23.8. The highest BCUT2D eigenvalue weighted by atomic mass is 16.5. The lowest BCUT2D eigenvalue weighted by atomic mass is 9.84. The summed E-state index contributed by atoms with van der Waals surface area (Å²) in [5, 5.41) is 1.07. The number of pyridine rings is 1. The Morgan fingerprint density at radius 1 is 1.21 bits per heavy atom. The number of carbonyl (C=O) groups excluding carboxylic acids is 1. The molecule has 0 N–H and O–H groups in total. The SMILES string of the molecule is COCCN1CC[C@@]12CCN(C(=O)c1ccc3ccccc3n1)C2. The summed E-state index contributed by atoms with van der Waals surface area (Å²) in [6.45, 7) is 4.44. The van der Waals surface area contributed by atoms with Crippen LogP contribution < -0.4 is 0 Å². The number of carbonyl (C=O) groups is 1. The van der Waals surface area contributed by atoms with Gasteiger partial charge in [0.05, 0.1) is 12.1 Å². The van der Waals surface area contributed by atoms with Gasteiger partial charge < -0.3 is 9.64 Å². The first-order valence-electron chi connectivity index (χ1n) is 8.61. The number of ether oxygens (including phenoxy) is 1. The van der Waals surface area contributed by atoms with Crippen LogP contribution in [-0.2, 0) is 4.74 Å². The number of fused-ring (bicyclic) bond motifs is 1. The molecule has 24 heavy (non-hydrogen) atoms. The van der Waals surface area contributed by atoms with Crippen LogP contribution in [0.4, 0.5) is 0 Å². The van der Waals surface area contributed by atoms with E-state index in [0.717, 1.165) is 50.1 Å². The number of hydrogen-bond acceptors (Lipinski definition) is 4. The Morgan fingerprint density at radius 3 is 2.83 bits per heavy atom. The van der Waals surface area contributed by atoms with Crippen molar-refractivity contribution in [2.45, 2.75) is 18.4 Å². The molecule has 1 aromatic carbocycles. The Kier molecular flexibility index (Phi) is 3.98. The predicted molar refractivity (Wildman–Crippen MR) is 93.1 cm³/mol. The van der Waals surface area contributed by atoms with Crippen LogP contribution in [0.25, 0.3) is 10.9 Å². The molecule has 0 bridgehead atoms. The van der Waals surface area contributed by atoms with E-state index in [0.29, 0.717) is 5.69 Å². The van der Waals surface area contributed by atoms with E-state index in [4.69, 9.17) is 4.74 Å². The maximum Gasteiger partial charge on any atom is 0.272 e. The highest BCUT2D eigenvalue weighted by molar-refractivity contribution is 5.95. The third-order valence-electron chi connectivity index (χ3n) is 5.52. The molecule has 1 aromatic heterocycles. The third kappa shape index (κ3) is 2.58. The molecule has 1 atom stereocenters. The van der Waals surface area contributed by atoms with E-state index < -0.39 is 0 Å². The smallest absolute Gasteiger partial charge is 0.272 e. The molecule has 0 aliphatic carbocycles. The monoisotopic (exact) mass is 325 g/mol. The summed E-state index contributed by atoms with van der Waals surface area (Å²) in [5.41, 5.74) is 1.60. The molecule has 1 spiro atoms. The topological polar surface area (TPSA) is 45.7 Å². The van der Waals surface area contributed by atoms with Crippen molar-refractivity contribution < 1.29 is 9.53 Å². The minimum Gasteiger partial charge on any atom is -0.383 e. The molecular weight excluding hydrogens is 302 g/mol. The fraction of sp³-hybridized carbons (Fsp3) is 0.474. The lowest BCUT2D eigenvalue weighted by Crippen LogP contribution is -2.62. The van der Waals surface area contributed by atoms with Gasteiger partial charge in [-0.15, -0.1) is 0 Å². The summed E-state index contributed by atoms with van der Waals surface area (Å²) in [6.07, 6.45) is 2.22. The molecule has 126 valence electrons. The third-order valence-corrected chi connectivity index (χ3v) is 5.52. The van der Waals surface area contributed by atoms with Gasteiger partial charge in [-0.3, -0.25) is 9.69 Å². The van der Waals surface area contributed by atoms with E-state index in [-0.39, 0.29) is 11.4 Å². The highest BCUT2D eigenvalue weighted by Crippen LogP contribution is 2.39. The van der Waals surface area contributed by atoms with Gasteiger partial charge in [-0.1, -0.05) is 24.3 Å². The van der Waals surface area contributed by atoms with Crippen LogP contribution in [-0.4, -0.2) is 66.1 Å². The van der Waals surface area contributed by atoms with Gasteiger partial charge >= 0.3 is 0 Å². The van der Waals surface area contributed by atoms with Crippen LogP contribution in [0.2, 0.25) is 0 Å². The molecule has 2 saturated heterocycles. The molecule has 2 fully saturated rings. The van der Waals surface area contributed by atoms with Crippen molar-refractivity contribution in [1.29, 1.82) is 0 Å². The van der Waals surface area contributed by atoms with Crippen molar-refractivity contribution in [2.75, 3.05) is 39.9 Å². The molecule has 5 nitrogen and oxygen atoms in total. The summed E-state index contributed by atoms with van der Waals surface area (Å²) in [4.78, 5) is 21.9. The molecular formula is C19H23N3O2. The number of amides is 1. The fourth-order valence-electron chi connectivity index (χ4n) is 3.98. The first kappa shape index (κ1) is 15.5. The van der Waals surface area contributed by atoms with Gasteiger partial charge in [-0.05, 0) is 25.0 Å². The van der Waals surface area contributed by atoms with Crippen molar-refractivity contribution >= 4 is 16.8 Å². The lowest BCUT2D eigenvalue weighted by Gasteiger charge is -2.50. The van der Waals surface area contributed by atoms with Crippen LogP contribution in [0, 0.1) is 0 Å². The van der Waals surface area contributed by atoms with Gasteiger partial charge in [-0.2, -0.15) is 0 Å². The van der Waals surface area contributed by atoms with E-state index in [1.807, 2.05) is 41.3 Å². The number of rotatable bonds is 4. The minimum absolute atomic E-state index is 0.0521. The average molecular weight is 325 g/mol. The van der Waals surface area contributed by atoms with Crippen LogP contribution in [0.15, 0.2) is 36.4 Å². The Hall–Kier alpha value is -1.98. The van der Waals surface area contributed by atoms with E-state index in [9.17, 15) is 4.79 Å². The second kappa shape index (κ2) is 6.15. The summed E-state index contributed by atoms with van der Waals surface area (Å²) in [6, 6.07) is 11.7. The van der Waals surface area contributed by atoms with Crippen molar-refractivity contribution in [3.63, 3.8) is 0 Å². The lowest BCUT2D eigenvalue weighted by molar-refractivity contribution is -0.0213. The predicted octanol–water partition coefficient (Wildman–Crippen LogP) is 2.17. The number of methoxy groups -OCH3 is 1. The van der Waals surface area contributed by atoms with Crippen molar-refractivity contribution in [1.82, 2.24) is 14.8 Å². The molecule has 0 radical (unpaired) electrons. The number of aromatic nitrogens is 1. The molecule has 3 heterocycles. The van der Waals surface area contributed by atoms with Crippen molar-refractivity contribution in [3.8, 4) is 0 Å². The van der Waals surface area contributed by atoms with E-state index >= 15 is 0 Å². The summed E-state index contributed by atoms with van der Waals surface area (Å²) in [7, 11) is 1.74. The number of benzene rings is 1. The first-order chi connectivity index (χ1) is 11.7. The van der Waals surface area contributed by atoms with Crippen LogP contribution in [0.3, 0.4) is 0 Å². The van der Waals surface area contributed by atoms with Gasteiger partial charge in [-0.25, -0.2) is 4.98 Å². The summed E-state index contributed by atoms with van der Waals surface area (Å²) < 4.78 is 5.20. The largest absolute Gasteiger partial charge is 0.383 e. The van der Waals surface area contributed by atoms with E-state index in [1.165, 1.54) is 6.42 Å². The molecule has 4 rings (SSSR count). The minimum atomic E-state index is 0.0521. The molecule has 0 saturated carbocycles. The van der Waals surface area contributed by atoms with Crippen LogP contribution in [0.1, 0.15) is 23.3 Å². The zero-order chi connectivity index (χ0) is 16.6. The van der Waals surface area contributed by atoms with Gasteiger partial charge in [0.1, 0.15) is 5.69 Å². The molecule has 0 unspecified atom stereocenters. The molecule has 1 amide bonds. The summed E-state index contributed by atoms with van der Waals surface area (Å²) in [5.74, 6) is 0.0521. The van der Waals surface area contributed by atoms with Crippen molar-refractivity contribution in [3.05, 3.63) is 42.1 Å². The Labute approximate surface area is 142 Å². The van der Waals surface area contributed by atoms with Crippen LogP contribution in [0.5, 0.6) is 0 Å². The fourth-order valence-corrected chi connectivity index (χ4v) is 3.98. The maximum atomic E-state index is 12.9. The quantitative estimate of drug-likeness (QED) is 0.864. The average Bonchev–Trinajstić information content (AvgIpc) is 3.08. The van der Waals surface area contributed by atoms with Crippen LogP contribution >= 0.6 is 0 Å². The molecule has 2 aliphatic heterocycles. The van der Waals surface area contributed by atoms with E-state index in [2.05, 4.69) is 9.88 Å². The molecule has 5 heteroatoms.